The standard InChI is InChI=1S/C25H27N3O4S/c1-5-32-20-12-17(10-11-19(20)31-4)18-13-21(29)26-23-22(18)24(30)27-25(28(23)3)33-14-16-8-6-15(2)7-9-16/h6-12,18H,5,13-14H2,1-4H3,(H,26,29). The number of benzene rings is 2. The lowest BCUT2D eigenvalue weighted by Crippen LogP contribution is -2.33. The Morgan fingerprint density at radius 3 is 2.61 bits per heavy atom. The van der Waals surface area contributed by atoms with Gasteiger partial charge in [0.1, 0.15) is 5.82 Å². The molecule has 1 atom stereocenters. The van der Waals surface area contributed by atoms with Crippen molar-refractivity contribution >= 4 is 23.5 Å². The highest BCUT2D eigenvalue weighted by Crippen LogP contribution is 2.39. The highest BCUT2D eigenvalue weighted by Gasteiger charge is 2.32. The fourth-order valence-electron chi connectivity index (χ4n) is 3.96. The number of ether oxygens (including phenoxy) is 2. The first-order valence-electron chi connectivity index (χ1n) is 10.8. The Bertz CT molecular complexity index is 1240. The predicted molar refractivity (Wildman–Crippen MR) is 129 cm³/mol. The smallest absolute Gasteiger partial charge is 0.279 e. The molecule has 0 fully saturated rings. The molecule has 1 aliphatic rings. The molecule has 7 nitrogen and oxygen atoms in total. The monoisotopic (exact) mass is 465 g/mol. The van der Waals surface area contributed by atoms with Crippen molar-refractivity contribution in [2.75, 3.05) is 19.0 Å². The van der Waals surface area contributed by atoms with Gasteiger partial charge in [-0.1, -0.05) is 47.7 Å². The van der Waals surface area contributed by atoms with Crippen LogP contribution in [0.25, 0.3) is 0 Å². The van der Waals surface area contributed by atoms with Gasteiger partial charge in [0.25, 0.3) is 5.56 Å². The first-order chi connectivity index (χ1) is 15.9. The van der Waals surface area contributed by atoms with Crippen molar-refractivity contribution in [1.82, 2.24) is 9.55 Å². The number of aromatic nitrogens is 2. The van der Waals surface area contributed by atoms with Crippen molar-refractivity contribution in [2.45, 2.75) is 37.1 Å². The largest absolute Gasteiger partial charge is 0.493 e. The van der Waals surface area contributed by atoms with Crippen LogP contribution in [-0.2, 0) is 17.6 Å². The van der Waals surface area contributed by atoms with Crippen LogP contribution in [-0.4, -0.2) is 29.2 Å². The lowest BCUT2D eigenvalue weighted by molar-refractivity contribution is -0.116. The molecule has 1 amide bonds. The molecule has 4 rings (SSSR count). The number of methoxy groups -OCH3 is 1. The molecule has 0 saturated heterocycles. The predicted octanol–water partition coefficient (Wildman–Crippen LogP) is 4.26. The molecule has 2 aromatic carbocycles. The minimum atomic E-state index is -0.416. The van der Waals surface area contributed by atoms with Crippen LogP contribution in [0.4, 0.5) is 5.82 Å². The van der Waals surface area contributed by atoms with Crippen LogP contribution >= 0.6 is 11.8 Å². The van der Waals surface area contributed by atoms with E-state index in [0.29, 0.717) is 40.4 Å². The number of nitrogens with zero attached hydrogens (tertiary/aromatic N) is 2. The van der Waals surface area contributed by atoms with Gasteiger partial charge in [-0.25, -0.2) is 0 Å². The third kappa shape index (κ3) is 4.75. The van der Waals surface area contributed by atoms with Gasteiger partial charge in [0.15, 0.2) is 16.7 Å². The highest BCUT2D eigenvalue weighted by molar-refractivity contribution is 7.98. The van der Waals surface area contributed by atoms with E-state index >= 15 is 0 Å². The molecule has 0 radical (unpaired) electrons. The third-order valence-electron chi connectivity index (χ3n) is 5.68. The number of fused-ring (bicyclic) bond motifs is 1. The molecule has 0 saturated carbocycles. The number of nitrogens with one attached hydrogen (secondary N) is 1. The summed E-state index contributed by atoms with van der Waals surface area (Å²) >= 11 is 1.47. The van der Waals surface area contributed by atoms with Crippen LogP contribution in [0.1, 0.15) is 41.5 Å². The van der Waals surface area contributed by atoms with Crippen molar-refractivity contribution in [3.8, 4) is 11.5 Å². The number of aryl methyl sites for hydroxylation is 1. The molecule has 1 aliphatic heterocycles. The number of anilines is 1. The fourth-order valence-corrected chi connectivity index (χ4v) is 4.88. The molecule has 1 aromatic heterocycles. The maximum absolute atomic E-state index is 13.2. The zero-order chi connectivity index (χ0) is 23.5. The second kappa shape index (κ2) is 9.70. The Morgan fingerprint density at radius 2 is 1.91 bits per heavy atom. The van der Waals surface area contributed by atoms with Crippen molar-refractivity contribution < 1.29 is 14.3 Å². The van der Waals surface area contributed by atoms with Crippen LogP contribution in [0.2, 0.25) is 0 Å². The van der Waals surface area contributed by atoms with Crippen molar-refractivity contribution in [3.05, 3.63) is 75.1 Å². The average Bonchev–Trinajstić information content (AvgIpc) is 2.81. The van der Waals surface area contributed by atoms with Crippen molar-refractivity contribution in [3.63, 3.8) is 0 Å². The summed E-state index contributed by atoms with van der Waals surface area (Å²) in [6.45, 7) is 4.42. The second-order valence-electron chi connectivity index (χ2n) is 7.94. The fraction of sp³-hybridized carbons (Fsp3) is 0.320. The number of hydrogen-bond donors (Lipinski definition) is 1. The van der Waals surface area contributed by atoms with Crippen LogP contribution in [0, 0.1) is 6.92 Å². The van der Waals surface area contributed by atoms with Crippen LogP contribution in [0.15, 0.2) is 52.4 Å². The SMILES string of the molecule is CCOc1cc(C2CC(=O)Nc3c2c(=O)nc(SCc2ccc(C)cc2)n3C)ccc1OC. The first-order valence-corrected chi connectivity index (χ1v) is 11.8. The summed E-state index contributed by atoms with van der Waals surface area (Å²) in [6, 6.07) is 13.8. The maximum atomic E-state index is 13.2. The Morgan fingerprint density at radius 1 is 1.15 bits per heavy atom. The summed E-state index contributed by atoms with van der Waals surface area (Å²) in [5.74, 6) is 1.80. The summed E-state index contributed by atoms with van der Waals surface area (Å²) in [5, 5.41) is 3.45. The van der Waals surface area contributed by atoms with Crippen LogP contribution in [0.5, 0.6) is 11.5 Å². The van der Waals surface area contributed by atoms with Crippen LogP contribution in [0.3, 0.4) is 0 Å². The molecular formula is C25H27N3O4S. The molecule has 1 unspecified atom stereocenters. The lowest BCUT2D eigenvalue weighted by Gasteiger charge is -2.28. The van der Waals surface area contributed by atoms with Gasteiger partial charge >= 0.3 is 0 Å². The van der Waals surface area contributed by atoms with Gasteiger partial charge in [-0.05, 0) is 37.1 Å². The zero-order valence-electron chi connectivity index (χ0n) is 19.2. The van der Waals surface area contributed by atoms with E-state index in [4.69, 9.17) is 9.47 Å². The Labute approximate surface area is 197 Å². The van der Waals surface area contributed by atoms with Gasteiger partial charge < -0.3 is 19.4 Å². The van der Waals surface area contributed by atoms with Gasteiger partial charge in [0.2, 0.25) is 5.91 Å². The third-order valence-corrected chi connectivity index (χ3v) is 6.78. The molecule has 0 aliphatic carbocycles. The molecule has 33 heavy (non-hydrogen) atoms. The minimum Gasteiger partial charge on any atom is -0.493 e. The second-order valence-corrected chi connectivity index (χ2v) is 8.89. The van der Waals surface area contributed by atoms with Gasteiger partial charge in [-0.3, -0.25) is 9.59 Å². The number of amides is 1. The van der Waals surface area contributed by atoms with Gasteiger partial charge in [-0.15, -0.1) is 0 Å². The number of carbonyl (C=O) groups excluding carboxylic acids is 1. The summed E-state index contributed by atoms with van der Waals surface area (Å²) < 4.78 is 12.9. The van der Waals surface area contributed by atoms with Gasteiger partial charge in [0.05, 0.1) is 19.3 Å². The molecule has 0 bridgehead atoms. The lowest BCUT2D eigenvalue weighted by atomic mass is 9.86. The molecule has 172 valence electrons. The molecule has 2 heterocycles. The maximum Gasteiger partial charge on any atom is 0.279 e. The molecule has 3 aromatic rings. The van der Waals surface area contributed by atoms with E-state index in [1.54, 1.807) is 17.7 Å². The summed E-state index contributed by atoms with van der Waals surface area (Å²) in [7, 11) is 3.40. The first kappa shape index (κ1) is 22.9. The molecule has 1 N–H and O–H groups in total. The summed E-state index contributed by atoms with van der Waals surface area (Å²) in [4.78, 5) is 30.2. The van der Waals surface area contributed by atoms with E-state index in [0.717, 1.165) is 11.1 Å². The van der Waals surface area contributed by atoms with Crippen molar-refractivity contribution in [2.24, 2.45) is 7.05 Å². The minimum absolute atomic E-state index is 0.142. The topological polar surface area (TPSA) is 82.5 Å². The van der Waals surface area contributed by atoms with E-state index in [1.165, 1.54) is 17.3 Å². The van der Waals surface area contributed by atoms with Gasteiger partial charge in [-0.2, -0.15) is 4.98 Å². The van der Waals surface area contributed by atoms with E-state index in [2.05, 4.69) is 34.6 Å². The zero-order valence-corrected chi connectivity index (χ0v) is 20.0. The van der Waals surface area contributed by atoms with Gasteiger partial charge in [0, 0.05) is 25.1 Å². The van der Waals surface area contributed by atoms with E-state index in [-0.39, 0.29) is 17.9 Å². The number of hydrogen-bond acceptors (Lipinski definition) is 6. The summed E-state index contributed by atoms with van der Waals surface area (Å²) in [5.41, 5.74) is 3.32. The highest BCUT2D eigenvalue weighted by atomic mass is 32.2. The number of rotatable bonds is 7. The van der Waals surface area contributed by atoms with E-state index in [1.807, 2.05) is 33.0 Å². The number of carbonyl (C=O) groups is 1. The quantitative estimate of drug-likeness (QED) is 0.415. The summed E-state index contributed by atoms with van der Waals surface area (Å²) in [6.07, 6.45) is 0.164. The molecule has 8 heteroatoms. The molecule has 0 spiro atoms. The Kier molecular flexibility index (Phi) is 6.74. The van der Waals surface area contributed by atoms with E-state index in [9.17, 15) is 9.59 Å². The number of thioether (sulfide) groups is 1. The average molecular weight is 466 g/mol. The normalized spacial score (nSPS) is 15.0. The molecular weight excluding hydrogens is 438 g/mol. The van der Waals surface area contributed by atoms with E-state index < -0.39 is 5.92 Å². The Balaban J connectivity index is 1.71. The Hall–Kier alpha value is -3.26. The van der Waals surface area contributed by atoms with Crippen molar-refractivity contribution in [1.29, 1.82) is 0 Å². The van der Waals surface area contributed by atoms with Crippen LogP contribution < -0.4 is 20.3 Å².